The van der Waals surface area contributed by atoms with Crippen LogP contribution in [-0.4, -0.2) is 25.0 Å². The summed E-state index contributed by atoms with van der Waals surface area (Å²) in [7, 11) is 0. The summed E-state index contributed by atoms with van der Waals surface area (Å²) in [4.78, 5) is 11.3. The first kappa shape index (κ1) is 8.05. The predicted molar refractivity (Wildman–Crippen MR) is 46.7 cm³/mol. The summed E-state index contributed by atoms with van der Waals surface area (Å²) in [6.07, 6.45) is 1.89. The maximum atomic E-state index is 11.3. The molecule has 3 heteroatoms. The first-order chi connectivity index (χ1) is 5.75. The van der Waals surface area contributed by atoms with E-state index in [1.54, 1.807) is 0 Å². The fraction of sp³-hybridized carbons (Fsp3) is 0.889. The van der Waals surface area contributed by atoms with Gasteiger partial charge >= 0.3 is 0 Å². The van der Waals surface area contributed by atoms with Crippen LogP contribution in [0.15, 0.2) is 0 Å². The molecule has 2 rings (SSSR count). The topological polar surface area (TPSA) is 41.1 Å². The smallest absolute Gasteiger partial charge is 0.220 e. The van der Waals surface area contributed by atoms with E-state index in [0.717, 1.165) is 19.5 Å². The monoisotopic (exact) mass is 168 g/mol. The van der Waals surface area contributed by atoms with Crippen molar-refractivity contribution in [3.8, 4) is 0 Å². The lowest BCUT2D eigenvalue weighted by Crippen LogP contribution is -2.44. The van der Waals surface area contributed by atoms with E-state index in [2.05, 4.69) is 17.6 Å². The van der Waals surface area contributed by atoms with E-state index >= 15 is 0 Å². The molecule has 1 saturated carbocycles. The summed E-state index contributed by atoms with van der Waals surface area (Å²) >= 11 is 0. The Morgan fingerprint density at radius 3 is 2.67 bits per heavy atom. The summed E-state index contributed by atoms with van der Waals surface area (Å²) in [5, 5.41) is 6.20. The van der Waals surface area contributed by atoms with E-state index in [4.69, 9.17) is 0 Å². The molecule has 0 spiro atoms. The molecule has 2 aliphatic rings. The SMILES string of the molecule is CC1CC1NC(=O)CC1CNC1. The highest BCUT2D eigenvalue weighted by molar-refractivity contribution is 5.77. The number of carbonyl (C=O) groups is 1. The normalized spacial score (nSPS) is 34.1. The average molecular weight is 168 g/mol. The quantitative estimate of drug-likeness (QED) is 0.628. The minimum absolute atomic E-state index is 0.246. The van der Waals surface area contributed by atoms with E-state index in [-0.39, 0.29) is 5.91 Å². The van der Waals surface area contributed by atoms with Crippen LogP contribution in [-0.2, 0) is 4.79 Å². The van der Waals surface area contributed by atoms with E-state index < -0.39 is 0 Å². The van der Waals surface area contributed by atoms with Crippen LogP contribution >= 0.6 is 0 Å². The summed E-state index contributed by atoms with van der Waals surface area (Å²) in [6, 6.07) is 0.491. The van der Waals surface area contributed by atoms with Crippen molar-refractivity contribution >= 4 is 5.91 Å². The van der Waals surface area contributed by atoms with E-state index in [0.29, 0.717) is 17.9 Å². The highest BCUT2D eigenvalue weighted by Crippen LogP contribution is 2.29. The number of rotatable bonds is 3. The van der Waals surface area contributed by atoms with Crippen LogP contribution in [0, 0.1) is 11.8 Å². The van der Waals surface area contributed by atoms with Gasteiger partial charge in [-0.05, 0) is 31.3 Å². The fourth-order valence-corrected chi connectivity index (χ4v) is 1.54. The molecule has 2 atom stereocenters. The first-order valence-electron chi connectivity index (χ1n) is 4.76. The van der Waals surface area contributed by atoms with Gasteiger partial charge in [-0.2, -0.15) is 0 Å². The van der Waals surface area contributed by atoms with E-state index in [1.807, 2.05) is 0 Å². The number of nitrogens with one attached hydrogen (secondary N) is 2. The van der Waals surface area contributed by atoms with Crippen LogP contribution in [0.4, 0.5) is 0 Å². The summed E-state index contributed by atoms with van der Waals surface area (Å²) in [6.45, 7) is 4.22. The third-order valence-electron chi connectivity index (χ3n) is 2.80. The zero-order chi connectivity index (χ0) is 8.55. The van der Waals surface area contributed by atoms with Crippen LogP contribution in [0.3, 0.4) is 0 Å². The van der Waals surface area contributed by atoms with Gasteiger partial charge in [-0.1, -0.05) is 6.92 Å². The second kappa shape index (κ2) is 3.05. The highest BCUT2D eigenvalue weighted by Gasteiger charge is 2.34. The van der Waals surface area contributed by atoms with Gasteiger partial charge in [0, 0.05) is 12.5 Å². The molecule has 0 bridgehead atoms. The van der Waals surface area contributed by atoms with Gasteiger partial charge in [0.05, 0.1) is 0 Å². The molecule has 0 aromatic heterocycles. The Morgan fingerprint density at radius 1 is 1.58 bits per heavy atom. The first-order valence-corrected chi connectivity index (χ1v) is 4.76. The van der Waals surface area contributed by atoms with Gasteiger partial charge in [-0.3, -0.25) is 4.79 Å². The van der Waals surface area contributed by atoms with Crippen LogP contribution in [0.1, 0.15) is 19.8 Å². The maximum Gasteiger partial charge on any atom is 0.220 e. The largest absolute Gasteiger partial charge is 0.353 e. The lowest BCUT2D eigenvalue weighted by Gasteiger charge is -2.26. The van der Waals surface area contributed by atoms with Gasteiger partial charge in [-0.25, -0.2) is 0 Å². The van der Waals surface area contributed by atoms with Crippen molar-refractivity contribution in [1.29, 1.82) is 0 Å². The predicted octanol–water partition coefficient (Wildman–Crippen LogP) is 0.120. The molecule has 1 amide bonds. The molecule has 0 aromatic carbocycles. The third kappa shape index (κ3) is 1.78. The van der Waals surface area contributed by atoms with Gasteiger partial charge in [0.2, 0.25) is 5.91 Å². The van der Waals surface area contributed by atoms with E-state index in [9.17, 15) is 4.79 Å². The van der Waals surface area contributed by atoms with Crippen molar-refractivity contribution in [3.05, 3.63) is 0 Å². The fourth-order valence-electron chi connectivity index (χ4n) is 1.54. The number of carbonyl (C=O) groups excluding carboxylic acids is 1. The van der Waals surface area contributed by atoms with Crippen molar-refractivity contribution in [3.63, 3.8) is 0 Å². The van der Waals surface area contributed by atoms with Gasteiger partial charge in [0.15, 0.2) is 0 Å². The molecule has 2 fully saturated rings. The van der Waals surface area contributed by atoms with Crippen molar-refractivity contribution in [1.82, 2.24) is 10.6 Å². The number of hydrogen-bond acceptors (Lipinski definition) is 2. The number of amides is 1. The lowest BCUT2D eigenvalue weighted by molar-refractivity contribution is -0.122. The molecule has 1 saturated heterocycles. The van der Waals surface area contributed by atoms with Crippen LogP contribution < -0.4 is 10.6 Å². The van der Waals surface area contributed by atoms with Gasteiger partial charge < -0.3 is 10.6 Å². The molecule has 3 nitrogen and oxygen atoms in total. The molecule has 1 aliphatic carbocycles. The molecule has 68 valence electrons. The van der Waals surface area contributed by atoms with Crippen LogP contribution in [0.2, 0.25) is 0 Å². The number of hydrogen-bond donors (Lipinski definition) is 2. The zero-order valence-corrected chi connectivity index (χ0v) is 7.47. The standard InChI is InChI=1S/C9H16N2O/c1-6-2-8(6)11-9(12)3-7-4-10-5-7/h6-8,10H,2-5H2,1H3,(H,11,12). The van der Waals surface area contributed by atoms with Crippen molar-refractivity contribution in [2.75, 3.05) is 13.1 Å². The molecule has 0 aromatic rings. The molecular weight excluding hydrogens is 152 g/mol. The molecule has 0 radical (unpaired) electrons. The Labute approximate surface area is 72.9 Å². The summed E-state index contributed by atoms with van der Waals surface area (Å²) in [5.74, 6) is 1.56. The minimum atomic E-state index is 0.246. The molecule has 2 unspecified atom stereocenters. The molecule has 12 heavy (non-hydrogen) atoms. The van der Waals surface area contributed by atoms with Gasteiger partial charge in [0.1, 0.15) is 0 Å². The summed E-state index contributed by atoms with van der Waals surface area (Å²) < 4.78 is 0. The lowest BCUT2D eigenvalue weighted by atomic mass is 9.99. The van der Waals surface area contributed by atoms with Gasteiger partial charge in [0.25, 0.3) is 0 Å². The Bertz CT molecular complexity index is 180. The third-order valence-corrected chi connectivity index (χ3v) is 2.80. The highest BCUT2D eigenvalue weighted by atomic mass is 16.1. The minimum Gasteiger partial charge on any atom is -0.353 e. The van der Waals surface area contributed by atoms with Crippen LogP contribution in [0.25, 0.3) is 0 Å². The molecule has 1 aliphatic heterocycles. The molecule has 1 heterocycles. The Balaban J connectivity index is 1.63. The Morgan fingerprint density at radius 2 is 2.25 bits per heavy atom. The van der Waals surface area contributed by atoms with Crippen molar-refractivity contribution in [2.24, 2.45) is 11.8 Å². The second-order valence-corrected chi connectivity index (χ2v) is 4.12. The molecule has 2 N–H and O–H groups in total. The second-order valence-electron chi connectivity index (χ2n) is 4.12. The maximum absolute atomic E-state index is 11.3. The van der Waals surface area contributed by atoms with Gasteiger partial charge in [-0.15, -0.1) is 0 Å². The van der Waals surface area contributed by atoms with Crippen molar-refractivity contribution < 1.29 is 4.79 Å². The average Bonchev–Trinajstić information content (AvgIpc) is 2.58. The Hall–Kier alpha value is -0.570. The zero-order valence-electron chi connectivity index (χ0n) is 7.47. The molecular formula is C9H16N2O. The van der Waals surface area contributed by atoms with Crippen LogP contribution in [0.5, 0.6) is 0 Å². The van der Waals surface area contributed by atoms with Crippen molar-refractivity contribution in [2.45, 2.75) is 25.8 Å². The summed E-state index contributed by atoms with van der Waals surface area (Å²) in [5.41, 5.74) is 0. The Kier molecular flexibility index (Phi) is 2.05. The van der Waals surface area contributed by atoms with E-state index in [1.165, 1.54) is 6.42 Å².